The van der Waals surface area contributed by atoms with E-state index in [1.807, 2.05) is 48.5 Å². The molecule has 0 bridgehead atoms. The van der Waals surface area contributed by atoms with E-state index >= 15 is 0 Å². The molecule has 198 valence electrons. The van der Waals surface area contributed by atoms with Crippen LogP contribution in [0.4, 0.5) is 11.4 Å². The Bertz CT molecular complexity index is 2650. The van der Waals surface area contributed by atoms with Gasteiger partial charge in [-0.15, -0.1) is 0 Å². The predicted octanol–water partition coefficient (Wildman–Crippen LogP) is 11.4. The van der Waals surface area contributed by atoms with E-state index in [1.54, 1.807) is 6.07 Å². The summed E-state index contributed by atoms with van der Waals surface area (Å²) in [4.78, 5) is 7.37. The SMILES string of the molecule is [C-]#[N+]c1ccc(-n2c3ccccc3c3ccccc32)c(-c2ccc3oc4ccc5c6cc([N+]#[C-])ccc6oc5c4c3c2)c1. The first-order valence-corrected chi connectivity index (χ1v) is 13.9. The van der Waals surface area contributed by atoms with Gasteiger partial charge in [0.05, 0.1) is 35.3 Å². The minimum absolute atomic E-state index is 0.576. The number of hydrogen-bond donors (Lipinski definition) is 0. The zero-order valence-electron chi connectivity index (χ0n) is 22.6. The number of rotatable bonds is 2. The topological polar surface area (TPSA) is 39.9 Å². The van der Waals surface area contributed by atoms with E-state index < -0.39 is 0 Å². The van der Waals surface area contributed by atoms with Gasteiger partial charge in [0.2, 0.25) is 0 Å². The molecule has 5 nitrogen and oxygen atoms in total. The molecular weight excluding hydrogens is 530 g/mol. The van der Waals surface area contributed by atoms with Crippen molar-refractivity contribution in [2.24, 2.45) is 0 Å². The number of aromatic nitrogens is 1. The highest BCUT2D eigenvalue weighted by atomic mass is 16.3. The summed E-state index contributed by atoms with van der Waals surface area (Å²) in [6, 6.07) is 38.5. The van der Waals surface area contributed by atoms with Crippen LogP contribution in [0.5, 0.6) is 0 Å². The minimum atomic E-state index is 0.576. The van der Waals surface area contributed by atoms with Crippen molar-refractivity contribution in [3.05, 3.63) is 138 Å². The summed E-state index contributed by atoms with van der Waals surface area (Å²) in [6.07, 6.45) is 0. The maximum atomic E-state index is 7.77. The highest BCUT2D eigenvalue weighted by Gasteiger charge is 2.19. The van der Waals surface area contributed by atoms with Crippen molar-refractivity contribution in [3.63, 3.8) is 0 Å². The zero-order valence-corrected chi connectivity index (χ0v) is 22.6. The maximum absolute atomic E-state index is 7.77. The number of benzene rings is 6. The van der Waals surface area contributed by atoms with Gasteiger partial charge in [-0.3, -0.25) is 0 Å². The Morgan fingerprint density at radius 3 is 1.93 bits per heavy atom. The molecule has 0 saturated heterocycles. The average molecular weight is 550 g/mol. The molecule has 0 spiro atoms. The standard InChI is InChI=1S/C38H19N3O2/c1-39-23-12-15-33(41-31-9-5-3-7-25(31)26-8-4-6-10-32(26)41)28(20-23)22-11-16-35-30(19-22)37-36(42-35)18-14-27-29-21-24(40-2)13-17-34(29)43-38(27)37/h3-21H. The largest absolute Gasteiger partial charge is 0.456 e. The van der Waals surface area contributed by atoms with Crippen LogP contribution in [0, 0.1) is 13.1 Å². The van der Waals surface area contributed by atoms with E-state index in [0.717, 1.165) is 71.7 Å². The Morgan fingerprint density at radius 2 is 1.16 bits per heavy atom. The molecule has 9 aromatic rings. The van der Waals surface area contributed by atoms with Crippen molar-refractivity contribution >= 4 is 77.1 Å². The Hall–Kier alpha value is -6.30. The maximum Gasteiger partial charge on any atom is 0.188 e. The van der Waals surface area contributed by atoms with Gasteiger partial charge in [0.1, 0.15) is 22.3 Å². The van der Waals surface area contributed by atoms with Crippen LogP contribution in [0.3, 0.4) is 0 Å². The molecule has 3 aromatic heterocycles. The summed E-state index contributed by atoms with van der Waals surface area (Å²) in [7, 11) is 0. The first-order valence-electron chi connectivity index (χ1n) is 13.9. The van der Waals surface area contributed by atoms with Crippen LogP contribution < -0.4 is 0 Å². The van der Waals surface area contributed by atoms with Crippen molar-refractivity contribution < 1.29 is 8.83 Å². The minimum Gasteiger partial charge on any atom is -0.456 e. The van der Waals surface area contributed by atoms with E-state index in [4.69, 9.17) is 22.0 Å². The van der Waals surface area contributed by atoms with Gasteiger partial charge >= 0.3 is 0 Å². The molecule has 6 aromatic carbocycles. The Morgan fingerprint density at radius 1 is 0.512 bits per heavy atom. The molecule has 0 fully saturated rings. The molecule has 0 unspecified atom stereocenters. The van der Waals surface area contributed by atoms with Gasteiger partial charge in [0, 0.05) is 26.9 Å². The summed E-state index contributed by atoms with van der Waals surface area (Å²) < 4.78 is 15.0. The molecule has 43 heavy (non-hydrogen) atoms. The second-order valence-corrected chi connectivity index (χ2v) is 10.7. The molecule has 0 aliphatic rings. The monoisotopic (exact) mass is 549 g/mol. The van der Waals surface area contributed by atoms with E-state index in [9.17, 15) is 0 Å². The third kappa shape index (κ3) is 3.25. The number of nitrogens with zero attached hydrogens (tertiary/aromatic N) is 3. The van der Waals surface area contributed by atoms with Crippen molar-refractivity contribution in [2.45, 2.75) is 0 Å². The van der Waals surface area contributed by atoms with E-state index in [0.29, 0.717) is 11.4 Å². The van der Waals surface area contributed by atoms with Gasteiger partial charge in [-0.2, -0.15) is 0 Å². The third-order valence-electron chi connectivity index (χ3n) is 8.42. The van der Waals surface area contributed by atoms with Gasteiger partial charge in [0.25, 0.3) is 0 Å². The van der Waals surface area contributed by atoms with E-state index in [-0.39, 0.29) is 0 Å². The lowest BCUT2D eigenvalue weighted by atomic mass is 9.99. The number of para-hydroxylation sites is 2. The zero-order chi connectivity index (χ0) is 28.7. The van der Waals surface area contributed by atoms with Crippen LogP contribution in [-0.2, 0) is 0 Å². The molecule has 3 heterocycles. The molecule has 0 aliphatic heterocycles. The van der Waals surface area contributed by atoms with Gasteiger partial charge in [0.15, 0.2) is 11.4 Å². The fraction of sp³-hybridized carbons (Fsp3) is 0. The Kier molecular flexibility index (Phi) is 4.68. The summed E-state index contributed by atoms with van der Waals surface area (Å²) in [5.74, 6) is 0. The smallest absolute Gasteiger partial charge is 0.188 e. The normalized spacial score (nSPS) is 11.7. The predicted molar refractivity (Wildman–Crippen MR) is 173 cm³/mol. The molecular formula is C38H19N3O2. The lowest BCUT2D eigenvalue weighted by Crippen LogP contribution is -1.97. The average Bonchev–Trinajstić information content (AvgIpc) is 3.73. The van der Waals surface area contributed by atoms with Crippen LogP contribution in [-0.4, -0.2) is 4.57 Å². The second-order valence-electron chi connectivity index (χ2n) is 10.7. The fourth-order valence-corrected chi connectivity index (χ4v) is 6.52. The molecule has 0 N–H and O–H groups in total. The quantitative estimate of drug-likeness (QED) is 0.201. The van der Waals surface area contributed by atoms with Crippen molar-refractivity contribution in [1.29, 1.82) is 0 Å². The number of hydrogen-bond acceptors (Lipinski definition) is 2. The fourth-order valence-electron chi connectivity index (χ4n) is 6.52. The second kappa shape index (κ2) is 8.60. The van der Waals surface area contributed by atoms with E-state index in [2.05, 4.69) is 74.9 Å². The van der Waals surface area contributed by atoms with Crippen molar-refractivity contribution in [3.8, 4) is 16.8 Å². The van der Waals surface area contributed by atoms with Crippen LogP contribution in [0.1, 0.15) is 0 Å². The van der Waals surface area contributed by atoms with Crippen LogP contribution in [0.15, 0.2) is 124 Å². The number of furan rings is 2. The highest BCUT2D eigenvalue weighted by Crippen LogP contribution is 2.43. The summed E-state index contributed by atoms with van der Waals surface area (Å²) >= 11 is 0. The third-order valence-corrected chi connectivity index (χ3v) is 8.42. The lowest BCUT2D eigenvalue weighted by molar-refractivity contribution is 0.663. The Labute approximate surface area is 245 Å². The summed E-state index contributed by atoms with van der Waals surface area (Å²) in [6.45, 7) is 15.2. The van der Waals surface area contributed by atoms with Crippen molar-refractivity contribution in [1.82, 2.24) is 4.57 Å². The Balaban J connectivity index is 1.35. The van der Waals surface area contributed by atoms with Crippen LogP contribution >= 0.6 is 0 Å². The van der Waals surface area contributed by atoms with Gasteiger partial charge in [-0.25, -0.2) is 9.69 Å². The molecule has 0 aliphatic carbocycles. The van der Waals surface area contributed by atoms with Crippen molar-refractivity contribution in [2.75, 3.05) is 0 Å². The molecule has 0 radical (unpaired) electrons. The van der Waals surface area contributed by atoms with Gasteiger partial charge < -0.3 is 13.4 Å². The van der Waals surface area contributed by atoms with Gasteiger partial charge in [-0.05, 0) is 71.8 Å². The van der Waals surface area contributed by atoms with Gasteiger partial charge in [-0.1, -0.05) is 54.6 Å². The molecule has 0 atom stereocenters. The molecule has 5 heteroatoms. The lowest BCUT2D eigenvalue weighted by Gasteiger charge is -2.15. The number of fused-ring (bicyclic) bond motifs is 10. The van der Waals surface area contributed by atoms with E-state index in [1.165, 1.54) is 10.8 Å². The van der Waals surface area contributed by atoms with Crippen LogP contribution in [0.2, 0.25) is 0 Å². The molecule has 9 rings (SSSR count). The first kappa shape index (κ1) is 23.4. The summed E-state index contributed by atoms with van der Waals surface area (Å²) in [5, 5.41) is 6.06. The molecule has 0 amide bonds. The first-order chi connectivity index (χ1) is 21.2. The molecule has 0 saturated carbocycles. The highest BCUT2D eigenvalue weighted by molar-refractivity contribution is 6.22. The summed E-state index contributed by atoms with van der Waals surface area (Å²) in [5.41, 5.74) is 9.26. The van der Waals surface area contributed by atoms with Crippen LogP contribution in [0.25, 0.3) is 92.2 Å².